The Morgan fingerprint density at radius 3 is 2.50 bits per heavy atom. The fraction of sp³-hybridized carbons (Fsp3) is 0.320. The molecule has 1 N–H and O–H groups in total. The van der Waals surface area contributed by atoms with Gasteiger partial charge in [0.1, 0.15) is 18.9 Å². The Bertz CT molecular complexity index is 1150. The van der Waals surface area contributed by atoms with Gasteiger partial charge in [-0.05, 0) is 37.5 Å². The van der Waals surface area contributed by atoms with E-state index in [0.29, 0.717) is 37.2 Å². The normalized spacial score (nSPS) is 13.3. The summed E-state index contributed by atoms with van der Waals surface area (Å²) in [5.74, 6) is -0.384. The van der Waals surface area contributed by atoms with Crippen molar-refractivity contribution >= 4 is 28.5 Å². The van der Waals surface area contributed by atoms with E-state index in [4.69, 9.17) is 4.74 Å². The Hall–Kier alpha value is -3.61. The third kappa shape index (κ3) is 4.66. The van der Waals surface area contributed by atoms with E-state index >= 15 is 0 Å². The van der Waals surface area contributed by atoms with E-state index in [2.05, 4.69) is 5.32 Å². The van der Waals surface area contributed by atoms with Crippen molar-refractivity contribution in [3.05, 3.63) is 65.9 Å². The second-order valence-electron chi connectivity index (χ2n) is 7.98. The lowest BCUT2D eigenvalue weighted by atomic mass is 10.1. The van der Waals surface area contributed by atoms with E-state index in [-0.39, 0.29) is 12.5 Å². The van der Waals surface area contributed by atoms with Crippen molar-refractivity contribution in [2.75, 3.05) is 26.2 Å². The molecule has 2 aromatic carbocycles. The largest absolute Gasteiger partial charge is 0.491 e. The second-order valence-corrected chi connectivity index (χ2v) is 7.98. The number of carbonyl (C=O) groups is 3. The Labute approximate surface area is 187 Å². The first-order valence-electron chi connectivity index (χ1n) is 10.9. The summed E-state index contributed by atoms with van der Waals surface area (Å²) in [7, 11) is 0. The number of hydrogen-bond acceptors (Lipinski definition) is 4. The van der Waals surface area contributed by atoms with Crippen LogP contribution in [0.1, 0.15) is 28.8 Å². The van der Waals surface area contributed by atoms with Gasteiger partial charge in [0.05, 0.1) is 12.1 Å². The zero-order valence-corrected chi connectivity index (χ0v) is 18.2. The van der Waals surface area contributed by atoms with Crippen molar-refractivity contribution in [1.29, 1.82) is 0 Å². The Morgan fingerprint density at radius 2 is 1.72 bits per heavy atom. The van der Waals surface area contributed by atoms with Crippen LogP contribution in [0, 0.1) is 6.92 Å². The molecule has 0 unspecified atom stereocenters. The third-order valence-electron chi connectivity index (χ3n) is 5.71. The number of Topliss-reactive ketones (excluding diaryl/α,β-unsaturated/α-hetero) is 1. The summed E-state index contributed by atoms with van der Waals surface area (Å²) in [6.07, 6.45) is 3.47. The van der Waals surface area contributed by atoms with E-state index in [1.54, 1.807) is 15.7 Å². The number of aryl methyl sites for hydroxylation is 1. The van der Waals surface area contributed by atoms with Gasteiger partial charge in [0.25, 0.3) is 11.7 Å². The smallest absolute Gasteiger partial charge is 0.295 e. The lowest BCUT2D eigenvalue weighted by molar-refractivity contribution is -0.125. The summed E-state index contributed by atoms with van der Waals surface area (Å²) in [5, 5.41) is 3.53. The minimum Gasteiger partial charge on any atom is -0.491 e. The van der Waals surface area contributed by atoms with Gasteiger partial charge in [0.15, 0.2) is 0 Å². The maximum atomic E-state index is 12.9. The number of rotatable bonds is 8. The summed E-state index contributed by atoms with van der Waals surface area (Å²) in [6.45, 7) is 3.99. The molecule has 0 saturated carbocycles. The van der Waals surface area contributed by atoms with Crippen LogP contribution < -0.4 is 10.1 Å². The summed E-state index contributed by atoms with van der Waals surface area (Å²) in [5.41, 5.74) is 2.13. The first-order chi connectivity index (χ1) is 15.5. The minimum absolute atomic E-state index is 0.0516. The number of benzene rings is 2. The predicted octanol–water partition coefficient (Wildman–Crippen LogP) is 2.95. The molecule has 32 heavy (non-hydrogen) atoms. The first-order valence-corrected chi connectivity index (χ1v) is 10.9. The zero-order valence-electron chi connectivity index (χ0n) is 18.2. The molecule has 0 spiro atoms. The average molecular weight is 434 g/mol. The lowest BCUT2D eigenvalue weighted by Crippen LogP contribution is -2.34. The number of likely N-dealkylation sites (tertiary alicyclic amines) is 1. The molecule has 1 aromatic heterocycles. The number of nitrogens with one attached hydrogen (secondary N) is 1. The fourth-order valence-electron chi connectivity index (χ4n) is 4.02. The SMILES string of the molecule is Cc1ccccc1OCCNC(=O)Cn1cc(C(=O)C(=O)N2CCCC2)c2ccccc21. The molecule has 1 saturated heterocycles. The molecule has 1 aliphatic heterocycles. The topological polar surface area (TPSA) is 80.6 Å². The van der Waals surface area contributed by atoms with E-state index in [9.17, 15) is 14.4 Å². The van der Waals surface area contributed by atoms with Gasteiger partial charge in [-0.3, -0.25) is 14.4 Å². The number of para-hydroxylation sites is 2. The number of carbonyl (C=O) groups excluding carboxylic acids is 3. The maximum Gasteiger partial charge on any atom is 0.295 e. The van der Waals surface area contributed by atoms with Gasteiger partial charge in [0, 0.05) is 30.2 Å². The molecule has 0 atom stereocenters. The first kappa shape index (κ1) is 21.6. The molecular weight excluding hydrogens is 406 g/mol. The van der Waals surface area contributed by atoms with Crippen LogP contribution in [-0.4, -0.2) is 53.3 Å². The summed E-state index contributed by atoms with van der Waals surface area (Å²) in [6, 6.07) is 15.1. The molecule has 1 fully saturated rings. The molecule has 7 heteroatoms. The molecule has 2 heterocycles. The monoisotopic (exact) mass is 433 g/mol. The van der Waals surface area contributed by atoms with Gasteiger partial charge >= 0.3 is 0 Å². The number of ketones is 1. The van der Waals surface area contributed by atoms with Crippen LogP contribution in [0.15, 0.2) is 54.7 Å². The number of hydrogen-bond donors (Lipinski definition) is 1. The van der Waals surface area contributed by atoms with Crippen molar-refractivity contribution in [1.82, 2.24) is 14.8 Å². The van der Waals surface area contributed by atoms with Crippen LogP contribution in [0.5, 0.6) is 5.75 Å². The summed E-state index contributed by atoms with van der Waals surface area (Å²) in [4.78, 5) is 39.6. The molecule has 3 aromatic rings. The van der Waals surface area contributed by atoms with E-state index in [1.165, 1.54) is 0 Å². The van der Waals surface area contributed by atoms with E-state index in [0.717, 1.165) is 29.7 Å². The Kier molecular flexibility index (Phi) is 6.54. The van der Waals surface area contributed by atoms with Crippen molar-refractivity contribution in [3.63, 3.8) is 0 Å². The summed E-state index contributed by atoms with van der Waals surface area (Å²) >= 11 is 0. The van der Waals surface area contributed by atoms with Gasteiger partial charge in [-0.25, -0.2) is 0 Å². The number of fused-ring (bicyclic) bond motifs is 1. The highest BCUT2D eigenvalue weighted by molar-refractivity contribution is 6.44. The number of aromatic nitrogens is 1. The molecule has 0 radical (unpaired) electrons. The molecule has 2 amide bonds. The van der Waals surface area contributed by atoms with Crippen LogP contribution in [-0.2, 0) is 16.1 Å². The van der Waals surface area contributed by atoms with Gasteiger partial charge in [-0.2, -0.15) is 0 Å². The van der Waals surface area contributed by atoms with Crippen LogP contribution in [0.4, 0.5) is 0 Å². The maximum absolute atomic E-state index is 12.9. The van der Waals surface area contributed by atoms with Crippen LogP contribution >= 0.6 is 0 Å². The molecule has 166 valence electrons. The Morgan fingerprint density at radius 1 is 1.00 bits per heavy atom. The van der Waals surface area contributed by atoms with E-state index in [1.807, 2.05) is 55.5 Å². The van der Waals surface area contributed by atoms with Crippen molar-refractivity contribution in [3.8, 4) is 5.75 Å². The zero-order chi connectivity index (χ0) is 22.5. The molecule has 1 aliphatic rings. The minimum atomic E-state index is -0.520. The number of nitrogens with zero attached hydrogens (tertiary/aromatic N) is 2. The van der Waals surface area contributed by atoms with Gasteiger partial charge in [0.2, 0.25) is 5.91 Å². The summed E-state index contributed by atoms with van der Waals surface area (Å²) < 4.78 is 7.43. The molecule has 0 bridgehead atoms. The highest BCUT2D eigenvalue weighted by atomic mass is 16.5. The van der Waals surface area contributed by atoms with Gasteiger partial charge in [-0.1, -0.05) is 36.4 Å². The highest BCUT2D eigenvalue weighted by Crippen LogP contribution is 2.23. The van der Waals surface area contributed by atoms with Gasteiger partial charge < -0.3 is 19.5 Å². The third-order valence-corrected chi connectivity index (χ3v) is 5.71. The van der Waals surface area contributed by atoms with Crippen molar-refractivity contribution in [2.45, 2.75) is 26.3 Å². The van der Waals surface area contributed by atoms with Crippen molar-refractivity contribution in [2.24, 2.45) is 0 Å². The molecular formula is C25H27N3O4. The number of ether oxygens (including phenoxy) is 1. The van der Waals surface area contributed by atoms with Crippen LogP contribution in [0.2, 0.25) is 0 Å². The molecule has 4 rings (SSSR count). The van der Waals surface area contributed by atoms with Crippen molar-refractivity contribution < 1.29 is 19.1 Å². The van der Waals surface area contributed by atoms with Crippen LogP contribution in [0.3, 0.4) is 0 Å². The molecule has 7 nitrogen and oxygen atoms in total. The highest BCUT2D eigenvalue weighted by Gasteiger charge is 2.28. The average Bonchev–Trinajstić information content (AvgIpc) is 3.46. The fourth-order valence-corrected chi connectivity index (χ4v) is 4.02. The quantitative estimate of drug-likeness (QED) is 0.337. The Balaban J connectivity index is 1.40. The standard InChI is InChI=1S/C25H27N3O4/c1-18-8-2-5-11-22(18)32-15-12-26-23(29)17-28-16-20(19-9-3-4-10-21(19)28)24(30)25(31)27-13-6-7-14-27/h2-5,8-11,16H,6-7,12-15,17H2,1H3,(H,26,29). The lowest BCUT2D eigenvalue weighted by Gasteiger charge is -2.13. The number of amides is 2. The van der Waals surface area contributed by atoms with Crippen LogP contribution in [0.25, 0.3) is 10.9 Å². The predicted molar refractivity (Wildman–Crippen MR) is 122 cm³/mol. The molecule has 0 aliphatic carbocycles. The second kappa shape index (κ2) is 9.68. The van der Waals surface area contributed by atoms with E-state index < -0.39 is 11.7 Å². The van der Waals surface area contributed by atoms with Gasteiger partial charge in [-0.15, -0.1) is 0 Å².